The minimum Gasteiger partial charge on any atom is -0.479 e. The Morgan fingerprint density at radius 1 is 1.09 bits per heavy atom. The smallest absolute Gasteiger partial charge is 0.375 e. The van der Waals surface area contributed by atoms with Gasteiger partial charge in [-0.15, -0.1) is 0 Å². The predicted molar refractivity (Wildman–Crippen MR) is 137 cm³/mol. The van der Waals surface area contributed by atoms with Crippen LogP contribution >= 0.6 is 34.8 Å². The molecule has 7 nitrogen and oxygen atoms in total. The zero-order valence-electron chi connectivity index (χ0n) is 19.1. The lowest BCUT2D eigenvalue weighted by atomic mass is 10.1. The van der Waals surface area contributed by atoms with E-state index in [-0.39, 0.29) is 28.0 Å². The quantitative estimate of drug-likeness (QED) is 0.109. The number of nitrogens with two attached hydrogens (primary N) is 1. The number of amidine groups is 1. The number of carbonyl (C=O) groups excluding carboxylic acids is 2. The van der Waals surface area contributed by atoms with Crippen molar-refractivity contribution < 1.29 is 19.2 Å². The average Bonchev–Trinajstić information content (AvgIpc) is 2.78. The van der Waals surface area contributed by atoms with E-state index >= 15 is 0 Å². The Balaban J connectivity index is 1.91. The zero-order valence-corrected chi connectivity index (χ0v) is 21.3. The van der Waals surface area contributed by atoms with Crippen LogP contribution in [0, 0.1) is 0 Å². The number of amides is 1. The first-order valence-corrected chi connectivity index (χ1v) is 12.1. The number of halogens is 3. The Morgan fingerprint density at radius 2 is 1.79 bits per heavy atom. The van der Waals surface area contributed by atoms with E-state index in [9.17, 15) is 9.59 Å². The first-order chi connectivity index (χ1) is 16.2. The summed E-state index contributed by atoms with van der Waals surface area (Å²) in [6.45, 7) is 3.95. The molecule has 1 unspecified atom stereocenters. The fraction of sp³-hybridized carbons (Fsp3) is 0.375. The molecule has 0 spiro atoms. The highest BCUT2D eigenvalue weighted by Crippen LogP contribution is 2.33. The van der Waals surface area contributed by atoms with E-state index in [1.807, 2.05) is 18.2 Å². The van der Waals surface area contributed by atoms with Crippen molar-refractivity contribution in [1.82, 2.24) is 0 Å². The Bertz CT molecular complexity index is 1010. The van der Waals surface area contributed by atoms with Gasteiger partial charge in [-0.25, -0.2) is 4.79 Å². The van der Waals surface area contributed by atoms with Gasteiger partial charge in [0.05, 0.1) is 22.2 Å². The van der Waals surface area contributed by atoms with Crippen LogP contribution in [0.15, 0.2) is 41.6 Å². The summed E-state index contributed by atoms with van der Waals surface area (Å²) in [6, 6.07) is 10.5. The van der Waals surface area contributed by atoms with Crippen LogP contribution in [0.1, 0.15) is 51.5 Å². The first-order valence-electron chi connectivity index (χ1n) is 11.0. The Kier molecular flexibility index (Phi) is 11.5. The molecule has 34 heavy (non-hydrogen) atoms. The SMILES string of the molecule is CCCCCc1cccc(OC(CC)C(=O)O/N=C(\N)CC(=O)Nc2c(Cl)cc(Cl)cc2Cl)c1. The molecule has 0 aliphatic rings. The standard InChI is InChI=1S/C24H28Cl3N3O4/c1-3-5-6-8-15-9-7-10-17(11-15)33-20(4-2)24(32)34-30-21(28)14-22(31)29-23-18(26)12-16(25)13-19(23)27/h7,9-13,20H,3-6,8,14H2,1-2H3,(H2,28,30)(H,29,31). The van der Waals surface area contributed by atoms with Gasteiger partial charge >= 0.3 is 5.97 Å². The average molecular weight is 529 g/mol. The molecule has 3 N–H and O–H groups in total. The number of hydrogen-bond donors (Lipinski definition) is 2. The second kappa shape index (κ2) is 14.0. The number of ether oxygens (including phenoxy) is 1. The van der Waals surface area contributed by atoms with Crippen LogP contribution in [-0.2, 0) is 20.8 Å². The Morgan fingerprint density at radius 3 is 2.44 bits per heavy atom. The first kappa shape index (κ1) is 27.8. The monoisotopic (exact) mass is 527 g/mol. The minimum atomic E-state index is -0.872. The molecular weight excluding hydrogens is 501 g/mol. The van der Waals surface area contributed by atoms with Crippen LogP contribution in [-0.4, -0.2) is 23.8 Å². The Hall–Kier alpha value is -2.48. The molecule has 2 aromatic rings. The summed E-state index contributed by atoms with van der Waals surface area (Å²) in [4.78, 5) is 29.5. The van der Waals surface area contributed by atoms with Gasteiger partial charge in [-0.2, -0.15) is 0 Å². The van der Waals surface area contributed by atoms with E-state index in [0.717, 1.165) is 31.2 Å². The van der Waals surface area contributed by atoms with Crippen molar-refractivity contribution in [3.8, 4) is 5.75 Å². The third kappa shape index (κ3) is 9.05. The van der Waals surface area contributed by atoms with E-state index in [2.05, 4.69) is 17.4 Å². The maximum absolute atomic E-state index is 12.4. The summed E-state index contributed by atoms with van der Waals surface area (Å²) >= 11 is 18.0. The summed E-state index contributed by atoms with van der Waals surface area (Å²) in [5.41, 5.74) is 7.07. The van der Waals surface area contributed by atoms with Gasteiger partial charge < -0.3 is 20.6 Å². The number of unbranched alkanes of at least 4 members (excludes halogenated alkanes) is 2. The number of anilines is 1. The number of oxime groups is 1. The van der Waals surface area contributed by atoms with Crippen LogP contribution < -0.4 is 15.8 Å². The number of nitrogens with zero attached hydrogens (tertiary/aromatic N) is 1. The van der Waals surface area contributed by atoms with E-state index in [1.165, 1.54) is 12.1 Å². The fourth-order valence-electron chi connectivity index (χ4n) is 3.02. The molecule has 0 radical (unpaired) electrons. The van der Waals surface area contributed by atoms with Crippen LogP contribution in [0.25, 0.3) is 0 Å². The highest BCUT2D eigenvalue weighted by atomic mass is 35.5. The highest BCUT2D eigenvalue weighted by Gasteiger charge is 2.21. The molecule has 2 rings (SSSR count). The zero-order chi connectivity index (χ0) is 25.1. The van der Waals surface area contributed by atoms with Gasteiger partial charge in [0.2, 0.25) is 5.91 Å². The molecular formula is C24H28Cl3N3O4. The third-order valence-corrected chi connectivity index (χ3v) is 5.56. The van der Waals surface area contributed by atoms with Crippen molar-refractivity contribution in [1.29, 1.82) is 0 Å². The molecule has 0 bridgehead atoms. The number of rotatable bonds is 12. The van der Waals surface area contributed by atoms with Gasteiger partial charge in [-0.1, -0.05) is 78.8 Å². The second-order valence-corrected chi connectivity index (χ2v) is 8.83. The maximum Gasteiger partial charge on any atom is 0.375 e. The van der Waals surface area contributed by atoms with Crippen molar-refractivity contribution in [3.63, 3.8) is 0 Å². The van der Waals surface area contributed by atoms with Crippen LogP contribution in [0.4, 0.5) is 5.69 Å². The van der Waals surface area contributed by atoms with E-state index < -0.39 is 18.0 Å². The van der Waals surface area contributed by atoms with E-state index in [1.54, 1.807) is 13.0 Å². The van der Waals surface area contributed by atoms with Crippen molar-refractivity contribution in [2.75, 3.05) is 5.32 Å². The molecule has 0 heterocycles. The van der Waals surface area contributed by atoms with Crippen molar-refractivity contribution in [2.24, 2.45) is 10.9 Å². The Labute approximate surface area is 214 Å². The molecule has 184 valence electrons. The summed E-state index contributed by atoms with van der Waals surface area (Å²) in [5, 5.41) is 6.76. The van der Waals surface area contributed by atoms with Gasteiger partial charge in [0.25, 0.3) is 0 Å². The van der Waals surface area contributed by atoms with Crippen LogP contribution in [0.3, 0.4) is 0 Å². The largest absolute Gasteiger partial charge is 0.479 e. The van der Waals surface area contributed by atoms with E-state index in [0.29, 0.717) is 17.2 Å². The number of aryl methyl sites for hydroxylation is 1. The highest BCUT2D eigenvalue weighted by molar-refractivity contribution is 6.42. The van der Waals surface area contributed by atoms with Crippen molar-refractivity contribution >= 4 is 58.2 Å². The third-order valence-electron chi connectivity index (χ3n) is 4.75. The van der Waals surface area contributed by atoms with Gasteiger partial charge in [0.1, 0.15) is 11.6 Å². The lowest BCUT2D eigenvalue weighted by molar-refractivity contribution is -0.152. The lowest BCUT2D eigenvalue weighted by Gasteiger charge is -2.15. The number of benzene rings is 2. The van der Waals surface area contributed by atoms with Gasteiger partial charge in [-0.05, 0) is 49.1 Å². The second-order valence-electron chi connectivity index (χ2n) is 7.58. The van der Waals surface area contributed by atoms with Gasteiger partial charge in [0.15, 0.2) is 6.10 Å². The van der Waals surface area contributed by atoms with Crippen molar-refractivity contribution in [2.45, 2.75) is 58.5 Å². The summed E-state index contributed by atoms with van der Waals surface area (Å²) in [6.07, 6.45) is 3.49. The minimum absolute atomic E-state index is 0.171. The fourth-order valence-corrected chi connectivity index (χ4v) is 3.93. The van der Waals surface area contributed by atoms with Gasteiger partial charge in [-0.3, -0.25) is 4.79 Å². The molecule has 1 atom stereocenters. The predicted octanol–water partition coefficient (Wildman–Crippen LogP) is 6.38. The summed E-state index contributed by atoms with van der Waals surface area (Å²) in [7, 11) is 0. The number of hydrogen-bond acceptors (Lipinski definition) is 5. The summed E-state index contributed by atoms with van der Waals surface area (Å²) in [5.74, 6) is -0.900. The normalized spacial score (nSPS) is 12.2. The molecule has 0 saturated carbocycles. The molecule has 0 aliphatic heterocycles. The number of nitrogens with one attached hydrogen (secondary N) is 1. The molecule has 0 fully saturated rings. The topological polar surface area (TPSA) is 103 Å². The molecule has 0 aromatic heterocycles. The molecule has 1 amide bonds. The van der Waals surface area contributed by atoms with Crippen LogP contribution in [0.2, 0.25) is 15.1 Å². The summed E-state index contributed by atoms with van der Waals surface area (Å²) < 4.78 is 5.80. The maximum atomic E-state index is 12.4. The molecule has 0 saturated heterocycles. The lowest BCUT2D eigenvalue weighted by Crippen LogP contribution is -2.29. The van der Waals surface area contributed by atoms with Crippen molar-refractivity contribution in [3.05, 3.63) is 57.0 Å². The van der Waals surface area contributed by atoms with E-state index in [4.69, 9.17) is 50.1 Å². The number of carbonyl (C=O) groups is 2. The van der Waals surface area contributed by atoms with Gasteiger partial charge in [0, 0.05) is 5.02 Å². The molecule has 10 heteroatoms. The molecule has 2 aromatic carbocycles. The molecule has 0 aliphatic carbocycles. The van der Waals surface area contributed by atoms with Crippen LogP contribution in [0.5, 0.6) is 5.75 Å².